The van der Waals surface area contributed by atoms with Crippen molar-refractivity contribution in [3.05, 3.63) is 0 Å². The van der Waals surface area contributed by atoms with Gasteiger partial charge in [-0.2, -0.15) is 0 Å². The molecule has 5 atom stereocenters. The van der Waals surface area contributed by atoms with E-state index in [-0.39, 0.29) is 0 Å². The van der Waals surface area contributed by atoms with Crippen LogP contribution in [-0.2, 0) is 0 Å². The molecule has 1 aliphatic heterocycles. The zero-order valence-corrected chi connectivity index (χ0v) is 14.2. The summed E-state index contributed by atoms with van der Waals surface area (Å²) in [5.41, 5.74) is 0. The van der Waals surface area contributed by atoms with E-state index in [1.165, 1.54) is 58.2 Å². The Kier molecular flexibility index (Phi) is 6.35. The van der Waals surface area contributed by atoms with Crippen LogP contribution in [0.15, 0.2) is 0 Å². The van der Waals surface area contributed by atoms with Crippen LogP contribution in [0, 0.1) is 17.8 Å². The summed E-state index contributed by atoms with van der Waals surface area (Å²) < 4.78 is 0. The minimum Gasteiger partial charge on any atom is -0.311 e. The van der Waals surface area contributed by atoms with Crippen LogP contribution >= 0.6 is 0 Å². The maximum atomic E-state index is 3.75. The van der Waals surface area contributed by atoms with E-state index < -0.39 is 0 Å². The first-order valence-corrected chi connectivity index (χ1v) is 9.07. The van der Waals surface area contributed by atoms with Gasteiger partial charge in [-0.3, -0.25) is 4.90 Å². The highest BCUT2D eigenvalue weighted by Gasteiger charge is 2.28. The molecule has 2 fully saturated rings. The van der Waals surface area contributed by atoms with Gasteiger partial charge in [-0.05, 0) is 44.1 Å². The molecule has 2 nitrogen and oxygen atoms in total. The molecule has 5 unspecified atom stereocenters. The Bertz CT molecular complexity index is 279. The molecular weight excluding hydrogens is 244 g/mol. The molecule has 2 aliphatic rings. The third kappa shape index (κ3) is 4.46. The second-order valence-electron chi connectivity index (χ2n) is 7.67. The number of hydrogen-bond acceptors (Lipinski definition) is 2. The maximum Gasteiger partial charge on any atom is 0.0221 e. The topological polar surface area (TPSA) is 15.3 Å². The minimum atomic E-state index is 0.710. The molecule has 0 bridgehead atoms. The van der Waals surface area contributed by atoms with Crippen molar-refractivity contribution < 1.29 is 0 Å². The second kappa shape index (κ2) is 7.79. The standard InChI is InChI=1S/C18H36N2/c1-5-15(3)18-13-20(16(4)12-19-18)10-9-17-8-6-7-14(2)11-17/h14-19H,5-13H2,1-4H3. The average Bonchev–Trinajstić information content (AvgIpc) is 2.45. The van der Waals surface area contributed by atoms with Gasteiger partial charge >= 0.3 is 0 Å². The summed E-state index contributed by atoms with van der Waals surface area (Å²) in [6.45, 7) is 13.3. The zero-order valence-electron chi connectivity index (χ0n) is 14.2. The summed E-state index contributed by atoms with van der Waals surface area (Å²) in [6, 6.07) is 1.43. The number of hydrogen-bond donors (Lipinski definition) is 1. The van der Waals surface area contributed by atoms with Gasteiger partial charge in [-0.1, -0.05) is 46.5 Å². The fourth-order valence-corrected chi connectivity index (χ4v) is 4.10. The van der Waals surface area contributed by atoms with Crippen LogP contribution in [0.2, 0.25) is 0 Å². The Hall–Kier alpha value is -0.0800. The first-order valence-electron chi connectivity index (χ1n) is 9.07. The lowest BCUT2D eigenvalue weighted by Crippen LogP contribution is -2.57. The highest BCUT2D eigenvalue weighted by molar-refractivity contribution is 4.86. The highest BCUT2D eigenvalue weighted by Crippen LogP contribution is 2.31. The lowest BCUT2D eigenvalue weighted by atomic mass is 9.80. The van der Waals surface area contributed by atoms with E-state index >= 15 is 0 Å². The normalized spacial score (nSPS) is 37.8. The van der Waals surface area contributed by atoms with Crippen molar-refractivity contribution in [3.8, 4) is 0 Å². The molecule has 1 saturated heterocycles. The molecule has 0 spiro atoms. The molecule has 0 radical (unpaired) electrons. The Morgan fingerprint density at radius 3 is 2.75 bits per heavy atom. The summed E-state index contributed by atoms with van der Waals surface area (Å²) in [5, 5.41) is 3.75. The van der Waals surface area contributed by atoms with Crippen molar-refractivity contribution in [1.29, 1.82) is 0 Å². The Balaban J connectivity index is 1.78. The van der Waals surface area contributed by atoms with E-state index in [1.54, 1.807) is 0 Å². The van der Waals surface area contributed by atoms with Crippen LogP contribution in [0.5, 0.6) is 0 Å². The number of rotatable bonds is 5. The van der Waals surface area contributed by atoms with E-state index in [4.69, 9.17) is 0 Å². The molecule has 20 heavy (non-hydrogen) atoms. The minimum absolute atomic E-state index is 0.710. The highest BCUT2D eigenvalue weighted by atomic mass is 15.2. The van der Waals surface area contributed by atoms with Gasteiger partial charge in [0.1, 0.15) is 0 Å². The van der Waals surface area contributed by atoms with Crippen molar-refractivity contribution in [2.24, 2.45) is 17.8 Å². The number of nitrogens with zero attached hydrogens (tertiary/aromatic N) is 1. The lowest BCUT2D eigenvalue weighted by molar-refractivity contribution is 0.106. The average molecular weight is 280 g/mol. The van der Waals surface area contributed by atoms with Crippen molar-refractivity contribution >= 4 is 0 Å². The van der Waals surface area contributed by atoms with Crippen LogP contribution in [0.25, 0.3) is 0 Å². The molecule has 1 heterocycles. The third-order valence-electron chi connectivity index (χ3n) is 5.93. The van der Waals surface area contributed by atoms with Gasteiger partial charge in [-0.15, -0.1) is 0 Å². The van der Waals surface area contributed by atoms with Crippen molar-refractivity contribution in [2.45, 2.75) is 78.3 Å². The fourth-order valence-electron chi connectivity index (χ4n) is 4.10. The molecule has 0 aromatic rings. The molecule has 118 valence electrons. The van der Waals surface area contributed by atoms with Crippen molar-refractivity contribution in [1.82, 2.24) is 10.2 Å². The summed E-state index contributed by atoms with van der Waals surface area (Å²) in [6.07, 6.45) is 8.63. The maximum absolute atomic E-state index is 3.75. The molecule has 0 aromatic carbocycles. The van der Waals surface area contributed by atoms with E-state index in [2.05, 4.69) is 37.9 Å². The quantitative estimate of drug-likeness (QED) is 0.821. The summed E-state index contributed by atoms with van der Waals surface area (Å²) in [5.74, 6) is 2.78. The van der Waals surface area contributed by atoms with Gasteiger partial charge in [0.25, 0.3) is 0 Å². The Labute approximate surface area is 126 Å². The van der Waals surface area contributed by atoms with Gasteiger partial charge < -0.3 is 5.32 Å². The fraction of sp³-hybridized carbons (Fsp3) is 1.00. The van der Waals surface area contributed by atoms with Gasteiger partial charge in [0.15, 0.2) is 0 Å². The van der Waals surface area contributed by atoms with Gasteiger partial charge in [0.2, 0.25) is 0 Å². The molecule has 0 amide bonds. The second-order valence-corrected chi connectivity index (χ2v) is 7.67. The van der Waals surface area contributed by atoms with Crippen LogP contribution in [0.1, 0.15) is 66.2 Å². The zero-order chi connectivity index (χ0) is 14.5. The summed E-state index contributed by atoms with van der Waals surface area (Å²) in [7, 11) is 0. The van der Waals surface area contributed by atoms with E-state index in [0.29, 0.717) is 6.04 Å². The number of nitrogens with one attached hydrogen (secondary N) is 1. The van der Waals surface area contributed by atoms with Crippen LogP contribution in [-0.4, -0.2) is 36.6 Å². The first-order chi connectivity index (χ1) is 9.60. The lowest BCUT2D eigenvalue weighted by Gasteiger charge is -2.41. The largest absolute Gasteiger partial charge is 0.311 e. The van der Waals surface area contributed by atoms with Gasteiger partial charge in [-0.25, -0.2) is 0 Å². The summed E-state index contributed by atoms with van der Waals surface area (Å²) >= 11 is 0. The Morgan fingerprint density at radius 1 is 1.25 bits per heavy atom. The molecular formula is C18H36N2. The summed E-state index contributed by atoms with van der Waals surface area (Å²) in [4.78, 5) is 2.76. The Morgan fingerprint density at radius 2 is 2.05 bits per heavy atom. The van der Waals surface area contributed by atoms with Crippen molar-refractivity contribution in [3.63, 3.8) is 0 Å². The van der Waals surface area contributed by atoms with Gasteiger partial charge in [0, 0.05) is 25.2 Å². The third-order valence-corrected chi connectivity index (χ3v) is 5.93. The SMILES string of the molecule is CCC(C)C1CN(CCC2CCCC(C)C2)C(C)CN1. The van der Waals surface area contributed by atoms with Crippen LogP contribution in [0.3, 0.4) is 0 Å². The molecule has 0 aromatic heterocycles. The first kappa shape index (κ1) is 16.3. The van der Waals surface area contributed by atoms with E-state index in [1.807, 2.05) is 0 Å². The van der Waals surface area contributed by atoms with Gasteiger partial charge in [0.05, 0.1) is 0 Å². The predicted octanol–water partition coefficient (Wildman–Crippen LogP) is 3.91. The molecule has 1 N–H and O–H groups in total. The van der Waals surface area contributed by atoms with Crippen LogP contribution in [0.4, 0.5) is 0 Å². The molecule has 2 heteroatoms. The van der Waals surface area contributed by atoms with E-state index in [0.717, 1.165) is 23.8 Å². The van der Waals surface area contributed by atoms with E-state index in [9.17, 15) is 0 Å². The molecule has 2 rings (SSSR count). The number of piperazine rings is 1. The van der Waals surface area contributed by atoms with Crippen molar-refractivity contribution in [2.75, 3.05) is 19.6 Å². The van der Waals surface area contributed by atoms with Crippen LogP contribution < -0.4 is 5.32 Å². The monoisotopic (exact) mass is 280 g/mol. The predicted molar refractivity (Wildman–Crippen MR) is 88.0 cm³/mol. The molecule has 1 saturated carbocycles. The molecule has 1 aliphatic carbocycles. The smallest absolute Gasteiger partial charge is 0.0221 e.